The van der Waals surface area contributed by atoms with Crippen LogP contribution in [0.25, 0.3) is 0 Å². The lowest BCUT2D eigenvalue weighted by Crippen LogP contribution is -2.69. The lowest BCUT2D eigenvalue weighted by Gasteiger charge is -2.58. The van der Waals surface area contributed by atoms with Crippen LogP contribution in [-0.4, -0.2) is 49.3 Å². The van der Waals surface area contributed by atoms with Crippen LogP contribution in [-0.2, 0) is 38.1 Å². The van der Waals surface area contributed by atoms with E-state index >= 15 is 0 Å². The van der Waals surface area contributed by atoms with Crippen LogP contribution < -0.4 is 0 Å². The van der Waals surface area contributed by atoms with Crippen LogP contribution in [0.4, 0.5) is 0 Å². The van der Waals surface area contributed by atoms with Crippen molar-refractivity contribution in [2.75, 3.05) is 14.2 Å². The Hall–Kier alpha value is -2.12. The van der Waals surface area contributed by atoms with Gasteiger partial charge in [-0.05, 0) is 49.4 Å². The lowest BCUT2D eigenvalue weighted by atomic mass is 9.44. The van der Waals surface area contributed by atoms with Gasteiger partial charge in [-0.15, -0.1) is 0 Å². The maximum atomic E-state index is 13.6. The van der Waals surface area contributed by atoms with E-state index in [1.807, 2.05) is 0 Å². The van der Waals surface area contributed by atoms with Gasteiger partial charge < -0.3 is 18.9 Å². The van der Waals surface area contributed by atoms with Crippen LogP contribution in [0, 0.1) is 46.3 Å². The second kappa shape index (κ2) is 4.70. The van der Waals surface area contributed by atoms with Crippen molar-refractivity contribution >= 4 is 23.9 Å². The monoisotopic (exact) mass is 416 g/mol. The molecule has 8 bridgehead atoms. The van der Waals surface area contributed by atoms with Crippen molar-refractivity contribution < 1.29 is 38.1 Å². The first-order valence-electron chi connectivity index (χ1n) is 10.9. The quantitative estimate of drug-likeness (QED) is 0.485. The van der Waals surface area contributed by atoms with Crippen molar-refractivity contribution in [1.82, 2.24) is 0 Å². The molecule has 8 rings (SSSR count). The van der Waals surface area contributed by atoms with E-state index in [-0.39, 0.29) is 59.4 Å². The van der Waals surface area contributed by atoms with E-state index in [0.29, 0.717) is 38.5 Å². The summed E-state index contributed by atoms with van der Waals surface area (Å²) in [6.07, 6.45) is 3.02. The molecule has 160 valence electrons. The molecule has 30 heavy (non-hydrogen) atoms. The summed E-state index contributed by atoms with van der Waals surface area (Å²) in [5, 5.41) is 0. The molecule has 8 aliphatic rings. The van der Waals surface area contributed by atoms with Gasteiger partial charge in [0.15, 0.2) is 0 Å². The summed E-state index contributed by atoms with van der Waals surface area (Å²) in [5.41, 5.74) is -3.51. The van der Waals surface area contributed by atoms with Gasteiger partial charge in [0.05, 0.1) is 25.0 Å². The molecule has 6 aliphatic carbocycles. The summed E-state index contributed by atoms with van der Waals surface area (Å²) in [4.78, 5) is 51.6. The average molecular weight is 416 g/mol. The predicted octanol–water partition coefficient (Wildman–Crippen LogP) is 1.00. The third kappa shape index (κ3) is 1.30. The summed E-state index contributed by atoms with van der Waals surface area (Å²) in [6.45, 7) is 0. The molecule has 2 aliphatic heterocycles. The van der Waals surface area contributed by atoms with Gasteiger partial charge in [-0.25, -0.2) is 0 Å². The number of methoxy groups -OCH3 is 2. The van der Waals surface area contributed by atoms with E-state index in [1.54, 1.807) is 0 Å². The van der Waals surface area contributed by atoms with Crippen LogP contribution in [0.1, 0.15) is 38.5 Å². The third-order valence-corrected chi connectivity index (χ3v) is 10.4. The summed E-state index contributed by atoms with van der Waals surface area (Å²) >= 11 is 0. The SMILES string of the molecule is COC(=O)[C@@]12[C@@H]3[C@H]4[C@@H]5[C@@H]1C[C@@]1(CCC(=O)O1)[C@H]5[C@@]2(C(=O)OC)[C@H]4C[C@]31CCC(=O)O1. The Kier molecular flexibility index (Phi) is 2.75. The zero-order chi connectivity index (χ0) is 20.8. The van der Waals surface area contributed by atoms with Crippen molar-refractivity contribution in [3.05, 3.63) is 0 Å². The molecule has 0 radical (unpaired) electrons. The molecule has 6 saturated carbocycles. The van der Waals surface area contributed by atoms with Crippen molar-refractivity contribution in [3.8, 4) is 0 Å². The second-order valence-electron chi connectivity index (χ2n) is 10.5. The number of carbonyl (C=O) groups excluding carboxylic acids is 4. The number of hydrogen-bond acceptors (Lipinski definition) is 8. The van der Waals surface area contributed by atoms with E-state index in [0.717, 1.165) is 0 Å². The Morgan fingerprint density at radius 2 is 1.20 bits per heavy atom. The van der Waals surface area contributed by atoms with Gasteiger partial charge in [-0.3, -0.25) is 19.2 Å². The van der Waals surface area contributed by atoms with Gasteiger partial charge in [0.25, 0.3) is 0 Å². The predicted molar refractivity (Wildman–Crippen MR) is 95.2 cm³/mol. The molecular weight excluding hydrogens is 392 g/mol. The van der Waals surface area contributed by atoms with Gasteiger partial charge in [-0.2, -0.15) is 0 Å². The van der Waals surface area contributed by atoms with E-state index in [2.05, 4.69) is 0 Å². The fraction of sp³-hybridized carbons (Fsp3) is 0.818. The lowest BCUT2D eigenvalue weighted by molar-refractivity contribution is -0.231. The van der Waals surface area contributed by atoms with Gasteiger partial charge in [0, 0.05) is 24.7 Å². The first-order chi connectivity index (χ1) is 14.3. The largest absolute Gasteiger partial charge is 0.469 e. The van der Waals surface area contributed by atoms with Crippen LogP contribution in [0.5, 0.6) is 0 Å². The Labute approximate surface area is 172 Å². The van der Waals surface area contributed by atoms with Gasteiger partial charge >= 0.3 is 23.9 Å². The van der Waals surface area contributed by atoms with Crippen LogP contribution >= 0.6 is 0 Å². The summed E-state index contributed by atoms with van der Waals surface area (Å²) in [5.74, 6) is -1.76. The van der Waals surface area contributed by atoms with Crippen LogP contribution in [0.2, 0.25) is 0 Å². The molecule has 0 amide bonds. The van der Waals surface area contributed by atoms with E-state index in [4.69, 9.17) is 18.9 Å². The molecule has 2 heterocycles. The minimum Gasteiger partial charge on any atom is -0.469 e. The van der Waals surface area contributed by atoms with Crippen LogP contribution in [0.3, 0.4) is 0 Å². The van der Waals surface area contributed by atoms with E-state index < -0.39 is 22.0 Å². The highest BCUT2D eigenvalue weighted by molar-refractivity contribution is 5.95. The number of hydrogen-bond donors (Lipinski definition) is 0. The summed E-state index contributed by atoms with van der Waals surface area (Å²) < 4.78 is 22.6. The minimum absolute atomic E-state index is 0.0859. The fourth-order valence-corrected chi connectivity index (χ4v) is 10.6. The minimum atomic E-state index is -1.07. The van der Waals surface area contributed by atoms with Crippen LogP contribution in [0.15, 0.2) is 0 Å². The van der Waals surface area contributed by atoms with Gasteiger partial charge in [0.2, 0.25) is 0 Å². The molecule has 0 aromatic carbocycles. The highest BCUT2D eigenvalue weighted by atomic mass is 16.6. The zero-order valence-electron chi connectivity index (χ0n) is 17.0. The molecular formula is C22H24O8. The highest BCUT2D eigenvalue weighted by Crippen LogP contribution is 2.96. The summed E-state index contributed by atoms with van der Waals surface area (Å²) in [7, 11) is 2.73. The third-order valence-electron chi connectivity index (χ3n) is 10.4. The Morgan fingerprint density at radius 1 is 0.800 bits per heavy atom. The molecule has 0 unspecified atom stereocenters. The molecule has 0 aromatic rings. The average Bonchev–Trinajstić information content (AvgIpc) is 3.55. The number of ether oxygens (including phenoxy) is 4. The topological polar surface area (TPSA) is 105 Å². The first-order valence-corrected chi connectivity index (χ1v) is 10.9. The van der Waals surface area contributed by atoms with E-state index in [9.17, 15) is 19.2 Å². The Balaban J connectivity index is 1.48. The van der Waals surface area contributed by atoms with Crippen molar-refractivity contribution in [2.45, 2.75) is 49.7 Å². The summed E-state index contributed by atoms with van der Waals surface area (Å²) in [6, 6.07) is 0. The Morgan fingerprint density at radius 3 is 1.50 bits per heavy atom. The van der Waals surface area contributed by atoms with Crippen molar-refractivity contribution in [3.63, 3.8) is 0 Å². The van der Waals surface area contributed by atoms with E-state index in [1.165, 1.54) is 14.2 Å². The number of esters is 4. The molecule has 8 fully saturated rings. The zero-order valence-corrected chi connectivity index (χ0v) is 17.0. The number of carbonyl (C=O) groups is 4. The number of rotatable bonds is 2. The highest BCUT2D eigenvalue weighted by Gasteiger charge is 3.02. The van der Waals surface area contributed by atoms with Crippen molar-refractivity contribution in [1.29, 1.82) is 0 Å². The van der Waals surface area contributed by atoms with Crippen molar-refractivity contribution in [2.24, 2.45) is 46.3 Å². The smallest absolute Gasteiger partial charge is 0.313 e. The standard InChI is InChI=1S/C22H24O8/c1-27-17(25)21-9-7-20(6-4-12(24)30-20)16-13(9)14-10(22(16,21)18(26)28-2)8-19(15(14)21)5-3-11(23)29-19/h9-10,13-16H,3-8H2,1-2H3/t9-,10-,13-,14+,15+,16-,19+,20-,21-,22+/m0/s1. The molecule has 10 atom stereocenters. The van der Waals surface area contributed by atoms with Gasteiger partial charge in [-0.1, -0.05) is 0 Å². The second-order valence-corrected chi connectivity index (χ2v) is 10.5. The molecule has 0 aromatic heterocycles. The first kappa shape index (κ1) is 17.5. The molecule has 2 saturated heterocycles. The molecule has 8 nitrogen and oxygen atoms in total. The fourth-order valence-electron chi connectivity index (χ4n) is 10.6. The maximum absolute atomic E-state index is 13.6. The molecule has 0 N–H and O–H groups in total. The molecule has 2 spiro atoms. The normalized spacial score (nSPS) is 57.7. The van der Waals surface area contributed by atoms with Gasteiger partial charge in [0.1, 0.15) is 11.2 Å². The Bertz CT molecular complexity index is 883. The maximum Gasteiger partial charge on any atom is 0.313 e. The molecule has 8 heteroatoms.